The zero-order valence-electron chi connectivity index (χ0n) is 16.6. The largest absolute Gasteiger partial charge is 0.492 e. The Morgan fingerprint density at radius 3 is 2.63 bits per heavy atom. The van der Waals surface area contributed by atoms with Gasteiger partial charge in [0.05, 0.1) is 13.2 Å². The SMILES string of the molecule is O=C(/C=C/c1ccc(OCCN2CCOCC2)cc1)c1cc2ccccc2oc1=O. The molecule has 0 aliphatic carbocycles. The molecule has 1 fully saturated rings. The van der Waals surface area contributed by atoms with Gasteiger partial charge in [-0.2, -0.15) is 0 Å². The summed E-state index contributed by atoms with van der Waals surface area (Å²) in [6, 6.07) is 16.2. The van der Waals surface area contributed by atoms with E-state index >= 15 is 0 Å². The van der Waals surface area contributed by atoms with Crippen molar-refractivity contribution in [3.05, 3.63) is 82.2 Å². The van der Waals surface area contributed by atoms with Crippen LogP contribution in [0.2, 0.25) is 0 Å². The van der Waals surface area contributed by atoms with Gasteiger partial charge >= 0.3 is 5.63 Å². The molecular weight excluding hydrogens is 382 g/mol. The Kier molecular flexibility index (Phi) is 6.37. The van der Waals surface area contributed by atoms with Gasteiger partial charge in [0.1, 0.15) is 23.5 Å². The van der Waals surface area contributed by atoms with Gasteiger partial charge in [0, 0.05) is 25.0 Å². The van der Waals surface area contributed by atoms with Crippen LogP contribution in [0.1, 0.15) is 15.9 Å². The second kappa shape index (κ2) is 9.52. The molecule has 1 aromatic heterocycles. The predicted octanol–water partition coefficient (Wildman–Crippen LogP) is 3.40. The van der Waals surface area contributed by atoms with Crippen molar-refractivity contribution in [2.45, 2.75) is 0 Å². The fraction of sp³-hybridized carbons (Fsp3) is 0.250. The highest BCUT2D eigenvalue weighted by molar-refractivity contribution is 6.07. The number of morpholine rings is 1. The van der Waals surface area contributed by atoms with Crippen molar-refractivity contribution in [2.24, 2.45) is 0 Å². The van der Waals surface area contributed by atoms with Gasteiger partial charge in [0.2, 0.25) is 0 Å². The standard InChI is InChI=1S/C24H23NO5/c26-22(21-17-19-3-1-2-4-23(19)30-24(21)27)10-7-18-5-8-20(9-6-18)29-16-13-25-11-14-28-15-12-25/h1-10,17H,11-16H2/b10-7+. The third kappa shape index (κ3) is 5.03. The summed E-state index contributed by atoms with van der Waals surface area (Å²) in [5.41, 5.74) is 0.696. The predicted molar refractivity (Wildman–Crippen MR) is 115 cm³/mol. The second-order valence-corrected chi connectivity index (χ2v) is 7.05. The molecule has 0 atom stereocenters. The molecule has 2 aromatic carbocycles. The number of benzene rings is 2. The molecule has 3 aromatic rings. The van der Waals surface area contributed by atoms with E-state index < -0.39 is 5.63 Å². The van der Waals surface area contributed by atoms with E-state index in [4.69, 9.17) is 13.9 Å². The van der Waals surface area contributed by atoms with Gasteiger partial charge in [0.15, 0.2) is 5.78 Å². The lowest BCUT2D eigenvalue weighted by atomic mass is 10.1. The number of ketones is 1. The van der Waals surface area contributed by atoms with Gasteiger partial charge in [-0.05, 0) is 35.9 Å². The zero-order chi connectivity index (χ0) is 20.8. The maximum Gasteiger partial charge on any atom is 0.347 e. The maximum absolute atomic E-state index is 12.5. The van der Waals surface area contributed by atoms with Gasteiger partial charge in [-0.1, -0.05) is 36.4 Å². The maximum atomic E-state index is 12.5. The van der Waals surface area contributed by atoms with E-state index in [1.165, 1.54) is 6.08 Å². The van der Waals surface area contributed by atoms with Crippen molar-refractivity contribution < 1.29 is 18.7 Å². The Hall–Kier alpha value is -3.22. The molecular formula is C24H23NO5. The molecule has 2 heterocycles. The summed E-state index contributed by atoms with van der Waals surface area (Å²) in [4.78, 5) is 26.9. The lowest BCUT2D eigenvalue weighted by Crippen LogP contribution is -2.38. The van der Waals surface area contributed by atoms with Crippen molar-refractivity contribution in [1.29, 1.82) is 0 Å². The van der Waals surface area contributed by atoms with Crippen LogP contribution >= 0.6 is 0 Å². The third-order valence-electron chi connectivity index (χ3n) is 4.99. The van der Waals surface area contributed by atoms with Crippen LogP contribution in [0, 0.1) is 0 Å². The van der Waals surface area contributed by atoms with E-state index in [2.05, 4.69) is 4.90 Å². The van der Waals surface area contributed by atoms with Crippen LogP contribution < -0.4 is 10.4 Å². The fourth-order valence-corrected chi connectivity index (χ4v) is 3.29. The smallest absolute Gasteiger partial charge is 0.347 e. The quantitative estimate of drug-likeness (QED) is 0.341. The van der Waals surface area contributed by atoms with E-state index in [0.717, 1.165) is 44.2 Å². The van der Waals surface area contributed by atoms with Crippen molar-refractivity contribution in [3.8, 4) is 5.75 Å². The van der Waals surface area contributed by atoms with Crippen LogP contribution in [0.15, 0.2) is 69.9 Å². The van der Waals surface area contributed by atoms with Crippen LogP contribution in [0.4, 0.5) is 0 Å². The first-order valence-corrected chi connectivity index (χ1v) is 9.97. The summed E-state index contributed by atoms with van der Waals surface area (Å²) in [5.74, 6) is 0.391. The summed E-state index contributed by atoms with van der Waals surface area (Å²) < 4.78 is 16.3. The summed E-state index contributed by atoms with van der Waals surface area (Å²) in [6.07, 6.45) is 3.06. The topological polar surface area (TPSA) is 69.0 Å². The minimum absolute atomic E-state index is 0.0213. The fourth-order valence-electron chi connectivity index (χ4n) is 3.29. The average Bonchev–Trinajstić information content (AvgIpc) is 2.78. The minimum Gasteiger partial charge on any atom is -0.492 e. The molecule has 1 aliphatic heterocycles. The Bertz CT molecular complexity index is 1090. The molecule has 0 radical (unpaired) electrons. The first-order valence-electron chi connectivity index (χ1n) is 9.97. The number of rotatable bonds is 7. The highest BCUT2D eigenvalue weighted by Crippen LogP contribution is 2.15. The molecule has 1 saturated heterocycles. The number of carbonyl (C=O) groups excluding carboxylic acids is 1. The molecule has 154 valence electrons. The second-order valence-electron chi connectivity index (χ2n) is 7.05. The lowest BCUT2D eigenvalue weighted by Gasteiger charge is -2.26. The van der Waals surface area contributed by atoms with Crippen LogP contribution in [-0.4, -0.2) is 50.1 Å². The minimum atomic E-state index is -0.632. The molecule has 6 nitrogen and oxygen atoms in total. The van der Waals surface area contributed by atoms with Gasteiger partial charge in [-0.15, -0.1) is 0 Å². The molecule has 0 N–H and O–H groups in total. The van der Waals surface area contributed by atoms with E-state index in [9.17, 15) is 9.59 Å². The normalized spacial score (nSPS) is 14.9. The van der Waals surface area contributed by atoms with Crippen molar-refractivity contribution in [2.75, 3.05) is 39.5 Å². The highest BCUT2D eigenvalue weighted by Gasteiger charge is 2.11. The van der Waals surface area contributed by atoms with Crippen LogP contribution in [0.3, 0.4) is 0 Å². The molecule has 1 aliphatic rings. The summed E-state index contributed by atoms with van der Waals surface area (Å²) in [6.45, 7) is 4.93. The Morgan fingerprint density at radius 2 is 1.83 bits per heavy atom. The number of ether oxygens (including phenoxy) is 2. The van der Waals surface area contributed by atoms with E-state index in [-0.39, 0.29) is 11.3 Å². The molecule has 6 heteroatoms. The monoisotopic (exact) mass is 405 g/mol. The Balaban J connectivity index is 1.35. The Labute approximate surface area is 174 Å². The van der Waals surface area contributed by atoms with Gasteiger partial charge < -0.3 is 13.9 Å². The molecule has 0 unspecified atom stereocenters. The van der Waals surface area contributed by atoms with Crippen LogP contribution in [0.5, 0.6) is 5.75 Å². The first-order chi connectivity index (χ1) is 14.7. The molecule has 0 bridgehead atoms. The molecule has 0 saturated carbocycles. The van der Waals surface area contributed by atoms with Crippen LogP contribution in [-0.2, 0) is 4.74 Å². The number of carbonyl (C=O) groups is 1. The number of nitrogens with zero attached hydrogens (tertiary/aromatic N) is 1. The number of hydrogen-bond donors (Lipinski definition) is 0. The van der Waals surface area contributed by atoms with E-state index in [1.54, 1.807) is 30.3 Å². The van der Waals surface area contributed by atoms with Gasteiger partial charge in [0.25, 0.3) is 0 Å². The van der Waals surface area contributed by atoms with Crippen molar-refractivity contribution in [1.82, 2.24) is 4.90 Å². The molecule has 30 heavy (non-hydrogen) atoms. The first kappa shape index (κ1) is 20.1. The average molecular weight is 405 g/mol. The van der Waals surface area contributed by atoms with Gasteiger partial charge in [-0.3, -0.25) is 9.69 Å². The van der Waals surface area contributed by atoms with E-state index in [0.29, 0.717) is 17.6 Å². The Morgan fingerprint density at radius 1 is 1.07 bits per heavy atom. The van der Waals surface area contributed by atoms with E-state index in [1.807, 2.05) is 30.3 Å². The molecule has 0 spiro atoms. The summed E-state index contributed by atoms with van der Waals surface area (Å²) >= 11 is 0. The zero-order valence-corrected chi connectivity index (χ0v) is 16.6. The summed E-state index contributed by atoms with van der Waals surface area (Å²) in [7, 11) is 0. The number of para-hydroxylation sites is 1. The highest BCUT2D eigenvalue weighted by atomic mass is 16.5. The van der Waals surface area contributed by atoms with Crippen molar-refractivity contribution in [3.63, 3.8) is 0 Å². The third-order valence-corrected chi connectivity index (χ3v) is 4.99. The summed E-state index contributed by atoms with van der Waals surface area (Å²) in [5, 5.41) is 0.715. The molecule has 4 rings (SSSR count). The van der Waals surface area contributed by atoms with Gasteiger partial charge in [-0.25, -0.2) is 4.79 Å². The van der Waals surface area contributed by atoms with Crippen LogP contribution in [0.25, 0.3) is 17.0 Å². The number of fused-ring (bicyclic) bond motifs is 1. The molecule has 0 amide bonds. The number of hydrogen-bond acceptors (Lipinski definition) is 6. The lowest BCUT2D eigenvalue weighted by molar-refractivity contribution is 0.0322. The number of allylic oxidation sites excluding steroid dienone is 1. The van der Waals surface area contributed by atoms with Crippen molar-refractivity contribution >= 4 is 22.8 Å².